The predicted octanol–water partition coefficient (Wildman–Crippen LogP) is 5.09. The van der Waals surface area contributed by atoms with E-state index in [0.717, 1.165) is 0 Å². The standard InChI is InChI=1S/C18H29N/c1-3-5-11-17(16-9-7-6-8-10-16)19-15-18(12-4-2)13-14-18/h6-10,17,19H,3-5,11-15H2,1-2H3. The van der Waals surface area contributed by atoms with Gasteiger partial charge in [0.05, 0.1) is 0 Å². The van der Waals surface area contributed by atoms with E-state index in [1.807, 2.05) is 0 Å². The molecule has 1 aliphatic rings. The molecular formula is C18H29N. The molecular weight excluding hydrogens is 230 g/mol. The number of unbranched alkanes of at least 4 members (excludes halogenated alkanes) is 1. The number of hydrogen-bond acceptors (Lipinski definition) is 1. The van der Waals surface area contributed by atoms with Gasteiger partial charge in [-0.3, -0.25) is 0 Å². The molecule has 1 fully saturated rings. The molecule has 1 heteroatoms. The van der Waals surface area contributed by atoms with Crippen LogP contribution in [0.15, 0.2) is 30.3 Å². The molecule has 1 nitrogen and oxygen atoms in total. The molecule has 0 amide bonds. The smallest absolute Gasteiger partial charge is 0.0320 e. The van der Waals surface area contributed by atoms with Crippen LogP contribution in [0.5, 0.6) is 0 Å². The van der Waals surface area contributed by atoms with E-state index in [2.05, 4.69) is 49.5 Å². The molecule has 1 saturated carbocycles. The third kappa shape index (κ3) is 4.35. The quantitative estimate of drug-likeness (QED) is 0.651. The summed E-state index contributed by atoms with van der Waals surface area (Å²) in [6.45, 7) is 5.80. The number of hydrogen-bond donors (Lipinski definition) is 1. The Balaban J connectivity index is 1.91. The Kier molecular flexibility index (Phi) is 5.45. The second kappa shape index (κ2) is 7.09. The molecule has 106 valence electrons. The zero-order chi connectivity index (χ0) is 13.6. The van der Waals surface area contributed by atoms with Gasteiger partial charge in [-0.1, -0.05) is 63.4 Å². The highest BCUT2D eigenvalue weighted by Crippen LogP contribution is 2.49. The number of rotatable bonds is 9. The average molecular weight is 259 g/mol. The van der Waals surface area contributed by atoms with E-state index >= 15 is 0 Å². The minimum Gasteiger partial charge on any atom is -0.309 e. The highest BCUT2D eigenvalue weighted by Gasteiger charge is 2.41. The fraction of sp³-hybridized carbons (Fsp3) is 0.667. The van der Waals surface area contributed by atoms with Gasteiger partial charge in [-0.25, -0.2) is 0 Å². The summed E-state index contributed by atoms with van der Waals surface area (Å²) in [4.78, 5) is 0. The largest absolute Gasteiger partial charge is 0.309 e. The SMILES string of the molecule is CCCCC(NCC1(CCC)CC1)c1ccccc1. The van der Waals surface area contributed by atoms with Crippen LogP contribution >= 0.6 is 0 Å². The maximum Gasteiger partial charge on any atom is 0.0320 e. The van der Waals surface area contributed by atoms with Gasteiger partial charge in [0.15, 0.2) is 0 Å². The number of benzene rings is 1. The van der Waals surface area contributed by atoms with Crippen LogP contribution in [0.4, 0.5) is 0 Å². The lowest BCUT2D eigenvalue weighted by molar-refractivity contribution is 0.375. The summed E-state index contributed by atoms with van der Waals surface area (Å²) in [6, 6.07) is 11.5. The lowest BCUT2D eigenvalue weighted by Crippen LogP contribution is -2.28. The van der Waals surface area contributed by atoms with Crippen LogP contribution in [0.3, 0.4) is 0 Å². The molecule has 0 aromatic heterocycles. The Hall–Kier alpha value is -0.820. The van der Waals surface area contributed by atoms with E-state index in [0.29, 0.717) is 11.5 Å². The summed E-state index contributed by atoms with van der Waals surface area (Å²) in [5.41, 5.74) is 2.11. The van der Waals surface area contributed by atoms with Gasteiger partial charge in [-0.15, -0.1) is 0 Å². The van der Waals surface area contributed by atoms with Crippen molar-refractivity contribution in [1.82, 2.24) is 5.32 Å². The highest BCUT2D eigenvalue weighted by molar-refractivity contribution is 5.19. The van der Waals surface area contributed by atoms with E-state index < -0.39 is 0 Å². The zero-order valence-corrected chi connectivity index (χ0v) is 12.6. The molecule has 0 saturated heterocycles. The summed E-state index contributed by atoms with van der Waals surface area (Å²) in [5, 5.41) is 3.86. The highest BCUT2D eigenvalue weighted by atomic mass is 14.9. The first-order chi connectivity index (χ1) is 9.29. The number of nitrogens with one attached hydrogen (secondary N) is 1. The molecule has 0 spiro atoms. The van der Waals surface area contributed by atoms with Gasteiger partial charge in [0.25, 0.3) is 0 Å². The molecule has 0 aliphatic heterocycles. The van der Waals surface area contributed by atoms with Crippen LogP contribution < -0.4 is 5.32 Å². The van der Waals surface area contributed by atoms with Gasteiger partial charge in [0, 0.05) is 12.6 Å². The van der Waals surface area contributed by atoms with Crippen molar-refractivity contribution in [1.29, 1.82) is 0 Å². The molecule has 2 rings (SSSR count). The zero-order valence-electron chi connectivity index (χ0n) is 12.6. The van der Waals surface area contributed by atoms with Crippen LogP contribution in [-0.2, 0) is 0 Å². The van der Waals surface area contributed by atoms with Crippen LogP contribution in [0.1, 0.15) is 70.4 Å². The molecule has 1 aromatic rings. The molecule has 0 radical (unpaired) electrons. The normalized spacial score (nSPS) is 18.2. The van der Waals surface area contributed by atoms with Crippen molar-refractivity contribution < 1.29 is 0 Å². The van der Waals surface area contributed by atoms with Crippen LogP contribution in [0.2, 0.25) is 0 Å². The molecule has 1 unspecified atom stereocenters. The van der Waals surface area contributed by atoms with Crippen LogP contribution in [0.25, 0.3) is 0 Å². The van der Waals surface area contributed by atoms with Crippen molar-refractivity contribution in [2.45, 2.75) is 64.8 Å². The Morgan fingerprint density at radius 1 is 1.11 bits per heavy atom. The summed E-state index contributed by atoms with van der Waals surface area (Å²) < 4.78 is 0. The van der Waals surface area contributed by atoms with Crippen molar-refractivity contribution in [3.63, 3.8) is 0 Å². The second-order valence-electron chi connectivity index (χ2n) is 6.24. The fourth-order valence-electron chi connectivity index (χ4n) is 3.04. The Morgan fingerprint density at radius 2 is 1.84 bits per heavy atom. The van der Waals surface area contributed by atoms with Gasteiger partial charge in [0.2, 0.25) is 0 Å². The summed E-state index contributed by atoms with van der Waals surface area (Å²) in [5.74, 6) is 0. The van der Waals surface area contributed by atoms with Gasteiger partial charge < -0.3 is 5.32 Å². The van der Waals surface area contributed by atoms with Crippen molar-refractivity contribution in [3.8, 4) is 0 Å². The molecule has 1 aliphatic carbocycles. The third-order valence-corrected chi connectivity index (χ3v) is 4.51. The van der Waals surface area contributed by atoms with Gasteiger partial charge in [-0.05, 0) is 36.7 Å². The average Bonchev–Trinajstić information content (AvgIpc) is 3.20. The molecule has 0 bridgehead atoms. The van der Waals surface area contributed by atoms with Crippen molar-refractivity contribution in [2.24, 2.45) is 5.41 Å². The van der Waals surface area contributed by atoms with E-state index in [9.17, 15) is 0 Å². The van der Waals surface area contributed by atoms with Crippen LogP contribution in [-0.4, -0.2) is 6.54 Å². The second-order valence-corrected chi connectivity index (χ2v) is 6.24. The predicted molar refractivity (Wildman–Crippen MR) is 83.3 cm³/mol. The lowest BCUT2D eigenvalue weighted by Gasteiger charge is -2.23. The monoisotopic (exact) mass is 259 g/mol. The first-order valence-corrected chi connectivity index (χ1v) is 8.08. The van der Waals surface area contributed by atoms with E-state index in [1.54, 1.807) is 0 Å². The topological polar surface area (TPSA) is 12.0 Å². The van der Waals surface area contributed by atoms with Crippen molar-refractivity contribution >= 4 is 0 Å². The molecule has 19 heavy (non-hydrogen) atoms. The molecule has 1 aromatic carbocycles. The minimum atomic E-state index is 0.551. The summed E-state index contributed by atoms with van der Waals surface area (Å²) in [7, 11) is 0. The van der Waals surface area contributed by atoms with Gasteiger partial charge in [0.1, 0.15) is 0 Å². The molecule has 1 atom stereocenters. The Morgan fingerprint density at radius 3 is 2.42 bits per heavy atom. The summed E-state index contributed by atoms with van der Waals surface area (Å²) >= 11 is 0. The van der Waals surface area contributed by atoms with Crippen LogP contribution in [0, 0.1) is 5.41 Å². The van der Waals surface area contributed by atoms with Crippen molar-refractivity contribution in [2.75, 3.05) is 6.54 Å². The van der Waals surface area contributed by atoms with Crippen molar-refractivity contribution in [3.05, 3.63) is 35.9 Å². The molecule has 0 heterocycles. The van der Waals surface area contributed by atoms with Gasteiger partial charge >= 0.3 is 0 Å². The van der Waals surface area contributed by atoms with E-state index in [4.69, 9.17) is 0 Å². The molecule has 1 N–H and O–H groups in total. The maximum absolute atomic E-state index is 3.86. The summed E-state index contributed by atoms with van der Waals surface area (Å²) in [6.07, 6.45) is 9.45. The van der Waals surface area contributed by atoms with E-state index in [-0.39, 0.29) is 0 Å². The first-order valence-electron chi connectivity index (χ1n) is 8.08. The van der Waals surface area contributed by atoms with E-state index in [1.165, 1.54) is 57.1 Å². The van der Waals surface area contributed by atoms with Gasteiger partial charge in [-0.2, -0.15) is 0 Å². The fourth-order valence-corrected chi connectivity index (χ4v) is 3.04. The first kappa shape index (κ1) is 14.6. The third-order valence-electron chi connectivity index (χ3n) is 4.51. The lowest BCUT2D eigenvalue weighted by atomic mass is 9.97. The minimum absolute atomic E-state index is 0.551. The Bertz CT molecular complexity index is 353. The Labute approximate surface area is 118 Å². The maximum atomic E-state index is 3.86.